The van der Waals surface area contributed by atoms with Crippen LogP contribution in [0.5, 0.6) is 0 Å². The molecule has 0 amide bonds. The summed E-state index contributed by atoms with van der Waals surface area (Å²) in [7, 11) is 0. The summed E-state index contributed by atoms with van der Waals surface area (Å²) in [5, 5.41) is 24.7. The number of aryl methyl sites for hydroxylation is 4. The summed E-state index contributed by atoms with van der Waals surface area (Å²) in [5.41, 5.74) is 22.4. The molecule has 0 fully saturated rings. The van der Waals surface area contributed by atoms with Crippen molar-refractivity contribution in [3.8, 4) is 54.7 Å². The molecule has 0 aliphatic heterocycles. The Morgan fingerprint density at radius 3 is 1.56 bits per heavy atom. The molecule has 0 atom stereocenters. The maximum Gasteiger partial charge on any atom is 0.194 e. The van der Waals surface area contributed by atoms with Crippen molar-refractivity contribution in [2.75, 3.05) is 0 Å². The third kappa shape index (κ3) is 6.79. The van der Waals surface area contributed by atoms with Gasteiger partial charge in [0.15, 0.2) is 5.78 Å². The van der Waals surface area contributed by atoms with Crippen LogP contribution in [0.2, 0.25) is 0 Å². The van der Waals surface area contributed by atoms with E-state index in [-0.39, 0.29) is 11.4 Å². The van der Waals surface area contributed by atoms with Gasteiger partial charge in [0.2, 0.25) is 0 Å². The number of aromatic nitrogens is 1. The van der Waals surface area contributed by atoms with Crippen molar-refractivity contribution in [2.45, 2.75) is 38.5 Å². The molecule has 4 nitrogen and oxygen atoms in total. The minimum absolute atomic E-state index is 0.0668. The number of aromatic amines is 1. The molecular formula is C73H47N3OS3. The van der Waals surface area contributed by atoms with Gasteiger partial charge in [-0.3, -0.25) is 4.79 Å². The van der Waals surface area contributed by atoms with Gasteiger partial charge in [0.1, 0.15) is 17.7 Å². The Balaban J connectivity index is 1.02. The van der Waals surface area contributed by atoms with Gasteiger partial charge in [0, 0.05) is 52.3 Å². The number of nitrogens with one attached hydrogen (secondary N) is 1. The van der Waals surface area contributed by atoms with Crippen molar-refractivity contribution < 1.29 is 4.79 Å². The number of hydrogen-bond acceptors (Lipinski definition) is 6. The first kappa shape index (κ1) is 48.0. The third-order valence-corrected chi connectivity index (χ3v) is 20.4. The number of thiophene rings is 3. The van der Waals surface area contributed by atoms with Gasteiger partial charge in [0.05, 0.1) is 21.4 Å². The summed E-state index contributed by atoms with van der Waals surface area (Å²) in [6.07, 6.45) is 1.86. The number of carbonyl (C=O) groups excluding carboxylic acids is 1. The average molecular weight is 1080 g/mol. The van der Waals surface area contributed by atoms with Gasteiger partial charge in [-0.15, -0.1) is 34.0 Å². The summed E-state index contributed by atoms with van der Waals surface area (Å²) in [6, 6.07) is 76.3. The lowest BCUT2D eigenvalue weighted by Gasteiger charge is -2.35. The number of rotatable bonds is 7. The lowest BCUT2D eigenvalue weighted by molar-refractivity contribution is 0.104. The summed E-state index contributed by atoms with van der Waals surface area (Å²) in [5.74, 6) is -0.181. The van der Waals surface area contributed by atoms with E-state index in [0.29, 0.717) is 22.3 Å². The Bertz CT molecular complexity index is 4650. The van der Waals surface area contributed by atoms with Crippen molar-refractivity contribution in [2.24, 2.45) is 0 Å². The molecule has 7 heteroatoms. The van der Waals surface area contributed by atoms with Gasteiger partial charge in [0.25, 0.3) is 0 Å². The molecular weight excluding hydrogens is 1030 g/mol. The molecule has 0 saturated carbocycles. The Morgan fingerprint density at radius 1 is 0.487 bits per heavy atom. The zero-order chi connectivity index (χ0) is 54.2. The van der Waals surface area contributed by atoms with E-state index < -0.39 is 10.8 Å². The molecule has 1 N–H and O–H groups in total. The number of nitrogens with zero attached hydrogens (tertiary/aromatic N) is 2. The lowest BCUT2D eigenvalue weighted by atomic mass is 9.65. The first-order valence-electron chi connectivity index (χ1n) is 26.8. The van der Waals surface area contributed by atoms with E-state index in [0.717, 1.165) is 25.8 Å². The van der Waals surface area contributed by atoms with E-state index in [2.05, 4.69) is 214 Å². The molecule has 12 aromatic rings. The molecule has 4 aromatic heterocycles. The third-order valence-electron chi connectivity index (χ3n) is 17.1. The van der Waals surface area contributed by atoms with Gasteiger partial charge >= 0.3 is 0 Å². The summed E-state index contributed by atoms with van der Waals surface area (Å²) in [4.78, 5) is 22.1. The number of allylic oxidation sites excluding steroid dienone is 3. The molecule has 0 radical (unpaired) electrons. The normalized spacial score (nSPS) is 14.7. The van der Waals surface area contributed by atoms with Crippen LogP contribution in [0.1, 0.15) is 87.6 Å². The number of fused-ring (bicyclic) bond motifs is 11. The molecule has 0 unspecified atom stereocenters. The van der Waals surface area contributed by atoms with E-state index in [1.54, 1.807) is 40.1 Å². The Hall–Kier alpha value is -9.21. The highest BCUT2D eigenvalue weighted by Gasteiger charge is 2.52. The van der Waals surface area contributed by atoms with Crippen LogP contribution in [0.25, 0.3) is 75.2 Å². The number of carbonyl (C=O) groups is 1. The van der Waals surface area contributed by atoms with Crippen LogP contribution in [0.4, 0.5) is 0 Å². The maximum absolute atomic E-state index is 14.0. The molecule has 15 rings (SSSR count). The lowest BCUT2D eigenvalue weighted by Crippen LogP contribution is -2.30. The van der Waals surface area contributed by atoms with Crippen molar-refractivity contribution in [1.82, 2.24) is 4.98 Å². The Kier molecular flexibility index (Phi) is 10.7. The molecule has 8 aromatic carbocycles. The predicted molar refractivity (Wildman–Crippen MR) is 331 cm³/mol. The standard InChI is InChI=1S/C73H47N3OS3/c1-41-11-19-46(20-12-41)72(47-21-13-42(2)14-22-47)58-28-30-62-55(37-63(76-62)65-10-7-33-78-65)69(58)53-35-61-54(36-60(53)72)70-56-38-67(66-31-27-50(79-66)34-57-68(45(39-74)40-75)51-8-5-6-9-52(51)71(57)77)80-64(56)32-29-59(70)73(61,48-23-15-43(3)16-24-48)49-25-17-44(4)18-26-49/h5-38,76H,1-4H3/b57-34-. The molecule has 0 spiro atoms. The van der Waals surface area contributed by atoms with Crippen LogP contribution in [0.3, 0.4) is 0 Å². The van der Waals surface area contributed by atoms with E-state index in [4.69, 9.17) is 0 Å². The van der Waals surface area contributed by atoms with Gasteiger partial charge in [-0.05, 0) is 166 Å². The SMILES string of the molecule is Cc1ccc(C2(c3ccc(C)cc3)c3cc4c(cc3-c3c2ccc2[nH]c(-c5cccs5)cc32)C(c2ccc(C)cc2)(c2ccc(C)cc2)c2ccc3sc(-c5ccc(/C=C6\C(=O)c7ccccc7C6=C(C#N)C#N)s5)cc3c2-4)cc1. The number of hydrogen-bond donors (Lipinski definition) is 1. The van der Waals surface area contributed by atoms with E-state index in [1.807, 2.05) is 30.3 Å². The molecule has 3 aliphatic rings. The Labute approximate surface area is 476 Å². The summed E-state index contributed by atoms with van der Waals surface area (Å²) >= 11 is 5.15. The summed E-state index contributed by atoms with van der Waals surface area (Å²) < 4.78 is 1.18. The predicted octanol–water partition coefficient (Wildman–Crippen LogP) is 18.9. The Morgan fingerprint density at radius 2 is 1.02 bits per heavy atom. The van der Waals surface area contributed by atoms with Crippen LogP contribution in [0, 0.1) is 50.4 Å². The number of ketones is 1. The largest absolute Gasteiger partial charge is 0.354 e. The second-order valence-corrected chi connectivity index (χ2v) is 24.8. The van der Waals surface area contributed by atoms with Crippen molar-refractivity contribution in [3.05, 3.63) is 293 Å². The van der Waals surface area contributed by atoms with Crippen LogP contribution in [0.15, 0.2) is 211 Å². The maximum atomic E-state index is 14.0. The molecule has 378 valence electrons. The highest BCUT2D eigenvalue weighted by molar-refractivity contribution is 7.26. The highest BCUT2D eigenvalue weighted by atomic mass is 32.1. The highest BCUT2D eigenvalue weighted by Crippen LogP contribution is 2.65. The first-order chi connectivity index (χ1) is 39.1. The summed E-state index contributed by atoms with van der Waals surface area (Å²) in [6.45, 7) is 8.69. The van der Waals surface area contributed by atoms with Crippen LogP contribution >= 0.6 is 34.0 Å². The monoisotopic (exact) mass is 1080 g/mol. The number of benzene rings is 8. The number of H-pyrrole nitrogens is 1. The van der Waals surface area contributed by atoms with Crippen LogP contribution in [-0.2, 0) is 10.8 Å². The van der Waals surface area contributed by atoms with Crippen molar-refractivity contribution >= 4 is 72.4 Å². The zero-order valence-corrected chi connectivity index (χ0v) is 46.6. The van der Waals surface area contributed by atoms with E-state index in [1.165, 1.54) is 109 Å². The zero-order valence-electron chi connectivity index (χ0n) is 44.2. The van der Waals surface area contributed by atoms with Gasteiger partial charge in [-0.25, -0.2) is 0 Å². The quantitative estimate of drug-likeness (QED) is 0.128. The second kappa shape index (κ2) is 17.9. The van der Waals surface area contributed by atoms with Crippen LogP contribution in [-0.4, -0.2) is 10.8 Å². The first-order valence-corrected chi connectivity index (χ1v) is 29.4. The van der Waals surface area contributed by atoms with E-state index >= 15 is 0 Å². The molecule has 0 saturated heterocycles. The van der Waals surface area contributed by atoms with Gasteiger partial charge in [-0.2, -0.15) is 10.5 Å². The molecule has 3 aliphatic carbocycles. The van der Waals surface area contributed by atoms with Crippen LogP contribution < -0.4 is 0 Å². The van der Waals surface area contributed by atoms with E-state index in [9.17, 15) is 15.3 Å². The molecule has 80 heavy (non-hydrogen) atoms. The van der Waals surface area contributed by atoms with Crippen molar-refractivity contribution in [3.63, 3.8) is 0 Å². The fourth-order valence-corrected chi connectivity index (χ4v) is 16.3. The fraction of sp³-hybridized carbons (Fsp3) is 0.0822. The minimum Gasteiger partial charge on any atom is -0.354 e. The second-order valence-electron chi connectivity index (χ2n) is 21.6. The average Bonchev–Trinajstić information content (AvgIpc) is 4.46. The van der Waals surface area contributed by atoms with Gasteiger partial charge < -0.3 is 4.98 Å². The molecule has 4 heterocycles. The smallest absolute Gasteiger partial charge is 0.194 e. The van der Waals surface area contributed by atoms with Gasteiger partial charge in [-0.1, -0.05) is 162 Å². The fourth-order valence-electron chi connectivity index (χ4n) is 13.5. The topological polar surface area (TPSA) is 80.4 Å². The van der Waals surface area contributed by atoms with Crippen molar-refractivity contribution in [1.29, 1.82) is 10.5 Å². The number of nitriles is 2. The molecule has 0 bridgehead atoms. The minimum atomic E-state index is -0.699. The number of Topliss-reactive ketones (excluding diaryl/α,β-unsaturated/α-hetero) is 1.